The van der Waals surface area contributed by atoms with Crippen LogP contribution in [0.15, 0.2) is 29.1 Å². The van der Waals surface area contributed by atoms with Crippen LogP contribution in [0.4, 0.5) is 5.69 Å². The predicted molar refractivity (Wildman–Crippen MR) is 67.5 cm³/mol. The molecule has 0 bridgehead atoms. The highest BCUT2D eigenvalue weighted by atomic mass is 16.6. The number of aromatic amines is 1. The van der Waals surface area contributed by atoms with E-state index in [1.54, 1.807) is 18.2 Å². The summed E-state index contributed by atoms with van der Waals surface area (Å²) in [6.07, 6.45) is 0. The Morgan fingerprint density at radius 2 is 2.05 bits per heavy atom. The third-order valence-corrected chi connectivity index (χ3v) is 3.05. The Hall–Kier alpha value is -2.54. The molecule has 0 radical (unpaired) electrons. The van der Waals surface area contributed by atoms with Gasteiger partial charge in [-0.1, -0.05) is 12.1 Å². The van der Waals surface area contributed by atoms with Crippen molar-refractivity contribution in [1.29, 1.82) is 0 Å². The first-order chi connectivity index (χ1) is 9.16. The van der Waals surface area contributed by atoms with Gasteiger partial charge in [-0.3, -0.25) is 14.9 Å². The summed E-state index contributed by atoms with van der Waals surface area (Å²) in [5.41, 5.74) is 1.25. The maximum atomic E-state index is 11.9. The summed E-state index contributed by atoms with van der Waals surface area (Å²) in [5, 5.41) is 14.0. The Morgan fingerprint density at radius 1 is 1.26 bits per heavy atom. The average molecular weight is 258 g/mol. The maximum absolute atomic E-state index is 11.9. The number of H-pyrrole nitrogens is 1. The number of nitrogens with one attached hydrogen (secondary N) is 2. The number of fused-ring (bicyclic) bond motifs is 1. The molecule has 0 spiro atoms. The highest BCUT2D eigenvalue weighted by Gasteiger charge is 2.21. The van der Waals surface area contributed by atoms with Gasteiger partial charge in [0.15, 0.2) is 0 Å². The lowest BCUT2D eigenvalue weighted by Crippen LogP contribution is -2.16. The van der Waals surface area contributed by atoms with E-state index in [0.717, 1.165) is 0 Å². The lowest BCUT2D eigenvalue weighted by molar-refractivity contribution is -0.384. The normalized spacial score (nSPS) is 13.3. The summed E-state index contributed by atoms with van der Waals surface area (Å²) >= 11 is 0. The zero-order chi connectivity index (χ0) is 13.4. The largest absolute Gasteiger partial charge is 0.307 e. The van der Waals surface area contributed by atoms with Gasteiger partial charge in [0.25, 0.3) is 11.2 Å². The molecule has 0 fully saturated rings. The summed E-state index contributed by atoms with van der Waals surface area (Å²) in [7, 11) is 0. The van der Waals surface area contributed by atoms with Crippen molar-refractivity contribution < 1.29 is 4.92 Å². The molecule has 1 aliphatic heterocycles. The van der Waals surface area contributed by atoms with Crippen LogP contribution in [-0.4, -0.2) is 14.9 Å². The Kier molecular flexibility index (Phi) is 2.60. The first-order valence-corrected chi connectivity index (χ1v) is 5.73. The second-order valence-electron chi connectivity index (χ2n) is 4.22. The SMILES string of the molecule is O=c1[nH]c(-c2ccccc2[N+](=O)[O-])nc2c1CNC2. The van der Waals surface area contributed by atoms with Gasteiger partial charge in [0.1, 0.15) is 5.82 Å². The number of benzene rings is 1. The Labute approximate surface area is 107 Å². The van der Waals surface area contributed by atoms with E-state index in [1.807, 2.05) is 0 Å². The van der Waals surface area contributed by atoms with E-state index in [-0.39, 0.29) is 17.1 Å². The first kappa shape index (κ1) is 11.5. The molecule has 0 amide bonds. The molecule has 0 aliphatic carbocycles. The third-order valence-electron chi connectivity index (χ3n) is 3.05. The van der Waals surface area contributed by atoms with Gasteiger partial charge in [-0.2, -0.15) is 0 Å². The summed E-state index contributed by atoms with van der Waals surface area (Å²) in [6.45, 7) is 0.988. The van der Waals surface area contributed by atoms with Crippen molar-refractivity contribution in [2.75, 3.05) is 0 Å². The second kappa shape index (κ2) is 4.29. The third kappa shape index (κ3) is 1.89. The van der Waals surface area contributed by atoms with Crippen LogP contribution < -0.4 is 10.9 Å². The van der Waals surface area contributed by atoms with Crippen LogP contribution in [0, 0.1) is 10.1 Å². The van der Waals surface area contributed by atoms with Crippen LogP contribution in [0.1, 0.15) is 11.3 Å². The van der Waals surface area contributed by atoms with Gasteiger partial charge in [-0.05, 0) is 6.07 Å². The van der Waals surface area contributed by atoms with E-state index >= 15 is 0 Å². The Morgan fingerprint density at radius 3 is 2.84 bits per heavy atom. The number of hydrogen-bond donors (Lipinski definition) is 2. The minimum absolute atomic E-state index is 0.0726. The predicted octanol–water partition coefficient (Wildman–Crippen LogP) is 0.948. The quantitative estimate of drug-likeness (QED) is 0.617. The van der Waals surface area contributed by atoms with Gasteiger partial charge < -0.3 is 10.3 Å². The topological polar surface area (TPSA) is 101 Å². The van der Waals surface area contributed by atoms with Gasteiger partial charge >= 0.3 is 0 Å². The van der Waals surface area contributed by atoms with E-state index in [0.29, 0.717) is 29.9 Å². The summed E-state index contributed by atoms with van der Waals surface area (Å²) in [4.78, 5) is 29.3. The number of nitrogens with zero attached hydrogens (tertiary/aromatic N) is 2. The molecule has 0 saturated heterocycles. The van der Waals surface area contributed by atoms with Crippen LogP contribution in [0.5, 0.6) is 0 Å². The molecule has 2 aromatic rings. The number of nitro benzene ring substituents is 1. The van der Waals surface area contributed by atoms with Crippen LogP contribution in [0.3, 0.4) is 0 Å². The number of nitro groups is 1. The smallest absolute Gasteiger partial charge is 0.280 e. The molecule has 2 heterocycles. The molecule has 0 unspecified atom stereocenters. The first-order valence-electron chi connectivity index (χ1n) is 5.73. The maximum Gasteiger partial charge on any atom is 0.280 e. The van der Waals surface area contributed by atoms with Crippen molar-refractivity contribution in [2.45, 2.75) is 13.1 Å². The lowest BCUT2D eigenvalue weighted by atomic mass is 10.1. The lowest BCUT2D eigenvalue weighted by Gasteiger charge is -2.04. The number of aromatic nitrogens is 2. The molecule has 3 rings (SSSR count). The average Bonchev–Trinajstić information content (AvgIpc) is 2.87. The fourth-order valence-electron chi connectivity index (χ4n) is 2.14. The van der Waals surface area contributed by atoms with Gasteiger partial charge in [0.05, 0.1) is 21.7 Å². The van der Waals surface area contributed by atoms with E-state index in [9.17, 15) is 14.9 Å². The Bertz CT molecular complexity index is 723. The number of rotatable bonds is 2. The van der Waals surface area contributed by atoms with Crippen molar-refractivity contribution in [3.8, 4) is 11.4 Å². The van der Waals surface area contributed by atoms with Crippen LogP contribution in [-0.2, 0) is 13.1 Å². The van der Waals surface area contributed by atoms with Gasteiger partial charge in [-0.15, -0.1) is 0 Å². The Balaban J connectivity index is 2.21. The van der Waals surface area contributed by atoms with E-state index < -0.39 is 4.92 Å². The zero-order valence-electron chi connectivity index (χ0n) is 9.84. The van der Waals surface area contributed by atoms with E-state index in [2.05, 4.69) is 15.3 Å². The van der Waals surface area contributed by atoms with Gasteiger partial charge in [0.2, 0.25) is 0 Å². The minimum atomic E-state index is -0.485. The zero-order valence-corrected chi connectivity index (χ0v) is 9.84. The molecule has 7 nitrogen and oxygen atoms in total. The second-order valence-corrected chi connectivity index (χ2v) is 4.22. The molecule has 2 N–H and O–H groups in total. The van der Waals surface area contributed by atoms with Crippen molar-refractivity contribution in [1.82, 2.24) is 15.3 Å². The summed E-state index contributed by atoms with van der Waals surface area (Å²) in [5.74, 6) is 0.236. The summed E-state index contributed by atoms with van der Waals surface area (Å²) in [6, 6.07) is 6.22. The molecule has 0 saturated carbocycles. The molecule has 19 heavy (non-hydrogen) atoms. The standard InChI is InChI=1S/C12H10N4O3/c17-12-8-5-13-6-9(8)14-11(15-12)7-3-1-2-4-10(7)16(18)19/h1-4,13H,5-6H2,(H,14,15,17). The minimum Gasteiger partial charge on any atom is -0.307 e. The fraction of sp³-hybridized carbons (Fsp3) is 0.167. The van der Waals surface area contributed by atoms with Crippen molar-refractivity contribution in [3.63, 3.8) is 0 Å². The van der Waals surface area contributed by atoms with Crippen molar-refractivity contribution in [2.24, 2.45) is 0 Å². The molecule has 1 aliphatic rings. The molecular formula is C12H10N4O3. The number of hydrogen-bond acceptors (Lipinski definition) is 5. The molecule has 1 aromatic heterocycles. The van der Waals surface area contributed by atoms with Gasteiger partial charge in [-0.25, -0.2) is 4.98 Å². The number of para-hydroxylation sites is 1. The molecule has 1 aromatic carbocycles. The van der Waals surface area contributed by atoms with Crippen LogP contribution >= 0.6 is 0 Å². The van der Waals surface area contributed by atoms with E-state index in [4.69, 9.17) is 0 Å². The van der Waals surface area contributed by atoms with Crippen LogP contribution in [0.2, 0.25) is 0 Å². The monoisotopic (exact) mass is 258 g/mol. The fourth-order valence-corrected chi connectivity index (χ4v) is 2.14. The van der Waals surface area contributed by atoms with Crippen molar-refractivity contribution in [3.05, 3.63) is 56.0 Å². The summed E-state index contributed by atoms with van der Waals surface area (Å²) < 4.78 is 0. The van der Waals surface area contributed by atoms with Crippen LogP contribution in [0.25, 0.3) is 11.4 Å². The van der Waals surface area contributed by atoms with Crippen molar-refractivity contribution >= 4 is 5.69 Å². The van der Waals surface area contributed by atoms with E-state index in [1.165, 1.54) is 6.07 Å². The highest BCUT2D eigenvalue weighted by molar-refractivity contribution is 5.67. The highest BCUT2D eigenvalue weighted by Crippen LogP contribution is 2.26. The molecular weight excluding hydrogens is 248 g/mol. The molecule has 96 valence electrons. The molecule has 7 heteroatoms. The molecule has 0 atom stereocenters. The van der Waals surface area contributed by atoms with Gasteiger partial charge in [0, 0.05) is 19.2 Å².